The minimum Gasteiger partial charge on any atom is -0.411 e. The average molecular weight is 193 g/mol. The first kappa shape index (κ1) is 8.87. The van der Waals surface area contributed by atoms with Gasteiger partial charge in [-0.1, -0.05) is 5.16 Å². The van der Waals surface area contributed by atoms with Gasteiger partial charge in [-0.05, 0) is 30.2 Å². The molecule has 1 N–H and O–H groups in total. The fourth-order valence-electron chi connectivity index (χ4n) is 1.69. The van der Waals surface area contributed by atoms with Gasteiger partial charge in [0.05, 0.1) is 0 Å². The quantitative estimate of drug-likeness (QED) is 0.503. The summed E-state index contributed by atoms with van der Waals surface area (Å²) in [5, 5.41) is 11.4. The number of ketones is 1. The van der Waals surface area contributed by atoms with Crippen LogP contribution in [0, 0.1) is 12.7 Å². The zero-order valence-electron chi connectivity index (χ0n) is 7.54. The number of hydrogen-bond donors (Lipinski definition) is 1. The number of benzene rings is 1. The first-order chi connectivity index (χ1) is 6.63. The molecule has 0 saturated heterocycles. The summed E-state index contributed by atoms with van der Waals surface area (Å²) in [7, 11) is 0. The molecule has 0 bridgehead atoms. The van der Waals surface area contributed by atoms with Crippen LogP contribution < -0.4 is 0 Å². The molecule has 0 radical (unpaired) electrons. The number of oxime groups is 1. The molecule has 0 atom stereocenters. The van der Waals surface area contributed by atoms with Gasteiger partial charge in [0.1, 0.15) is 11.5 Å². The second kappa shape index (κ2) is 2.90. The lowest BCUT2D eigenvalue weighted by Crippen LogP contribution is -2.06. The largest absolute Gasteiger partial charge is 0.411 e. The number of Topliss-reactive ketones (excluding diaryl/α,β-unsaturated/α-hetero) is 1. The van der Waals surface area contributed by atoms with E-state index in [0.717, 1.165) is 5.56 Å². The third-order valence-electron chi connectivity index (χ3n) is 2.41. The Balaban J connectivity index is 2.65. The van der Waals surface area contributed by atoms with E-state index in [4.69, 9.17) is 5.21 Å². The van der Waals surface area contributed by atoms with E-state index in [1.165, 1.54) is 12.1 Å². The van der Waals surface area contributed by atoms with Crippen LogP contribution in [0.25, 0.3) is 0 Å². The predicted octanol–water partition coefficient (Wildman–Crippen LogP) is 1.70. The summed E-state index contributed by atoms with van der Waals surface area (Å²) in [5.74, 6) is -0.820. The van der Waals surface area contributed by atoms with Crippen molar-refractivity contribution < 1.29 is 14.4 Å². The maximum Gasteiger partial charge on any atom is 0.211 e. The Labute approximate surface area is 79.9 Å². The zero-order chi connectivity index (χ0) is 10.3. The highest BCUT2D eigenvalue weighted by Crippen LogP contribution is 2.24. The van der Waals surface area contributed by atoms with Crippen LogP contribution in [0.1, 0.15) is 21.5 Å². The summed E-state index contributed by atoms with van der Waals surface area (Å²) in [4.78, 5) is 11.5. The number of fused-ring (bicyclic) bond motifs is 1. The monoisotopic (exact) mass is 193 g/mol. The summed E-state index contributed by atoms with van der Waals surface area (Å²) >= 11 is 0. The lowest BCUT2D eigenvalue weighted by atomic mass is 10.0. The molecule has 1 aromatic rings. The molecule has 0 saturated carbocycles. The fourth-order valence-corrected chi connectivity index (χ4v) is 1.69. The summed E-state index contributed by atoms with van der Waals surface area (Å²) in [5.41, 5.74) is 1.86. The molecule has 0 spiro atoms. The van der Waals surface area contributed by atoms with Crippen LogP contribution in [-0.2, 0) is 6.42 Å². The Morgan fingerprint density at radius 1 is 1.50 bits per heavy atom. The van der Waals surface area contributed by atoms with Crippen molar-refractivity contribution in [3.63, 3.8) is 0 Å². The van der Waals surface area contributed by atoms with Crippen molar-refractivity contribution in [3.8, 4) is 0 Å². The predicted molar refractivity (Wildman–Crippen MR) is 48.4 cm³/mol. The van der Waals surface area contributed by atoms with Crippen LogP contribution in [0.4, 0.5) is 4.39 Å². The van der Waals surface area contributed by atoms with E-state index >= 15 is 0 Å². The first-order valence-electron chi connectivity index (χ1n) is 4.18. The normalized spacial score (nSPS) is 17.6. The minimum atomic E-state index is -0.436. The van der Waals surface area contributed by atoms with Gasteiger partial charge in [-0.3, -0.25) is 4.79 Å². The third kappa shape index (κ3) is 1.11. The van der Waals surface area contributed by atoms with E-state index in [1.807, 2.05) is 0 Å². The van der Waals surface area contributed by atoms with Gasteiger partial charge in [0.2, 0.25) is 5.78 Å². The van der Waals surface area contributed by atoms with Crippen molar-refractivity contribution >= 4 is 11.5 Å². The SMILES string of the molecule is Cc1cc(F)cc2c1CC(=NO)C2=O. The van der Waals surface area contributed by atoms with E-state index in [0.29, 0.717) is 11.1 Å². The van der Waals surface area contributed by atoms with Gasteiger partial charge in [-0.15, -0.1) is 0 Å². The second-order valence-corrected chi connectivity index (χ2v) is 3.30. The number of rotatable bonds is 0. The molecule has 0 heterocycles. The molecule has 72 valence electrons. The molecule has 0 fully saturated rings. The zero-order valence-corrected chi connectivity index (χ0v) is 7.54. The highest BCUT2D eigenvalue weighted by molar-refractivity contribution is 6.49. The van der Waals surface area contributed by atoms with Gasteiger partial charge in [0, 0.05) is 12.0 Å². The molecule has 1 aromatic carbocycles. The molecule has 4 heteroatoms. The van der Waals surface area contributed by atoms with Crippen molar-refractivity contribution in [3.05, 3.63) is 34.6 Å². The Hall–Kier alpha value is -1.71. The van der Waals surface area contributed by atoms with Gasteiger partial charge < -0.3 is 5.21 Å². The second-order valence-electron chi connectivity index (χ2n) is 3.30. The number of carbonyl (C=O) groups is 1. The van der Waals surface area contributed by atoms with E-state index in [1.54, 1.807) is 6.92 Å². The Morgan fingerprint density at radius 3 is 2.86 bits per heavy atom. The van der Waals surface area contributed by atoms with Gasteiger partial charge in [-0.2, -0.15) is 0 Å². The van der Waals surface area contributed by atoms with Crippen molar-refractivity contribution in [2.75, 3.05) is 0 Å². The topological polar surface area (TPSA) is 49.7 Å². The molecule has 0 unspecified atom stereocenters. The Morgan fingerprint density at radius 2 is 2.21 bits per heavy atom. The van der Waals surface area contributed by atoms with E-state index in [9.17, 15) is 9.18 Å². The summed E-state index contributed by atoms with van der Waals surface area (Å²) in [6, 6.07) is 2.55. The number of nitrogens with zero attached hydrogens (tertiary/aromatic N) is 1. The van der Waals surface area contributed by atoms with Crippen molar-refractivity contribution in [2.45, 2.75) is 13.3 Å². The fraction of sp³-hybridized carbons (Fsp3) is 0.200. The molecule has 0 aromatic heterocycles. The van der Waals surface area contributed by atoms with Crippen LogP contribution in [0.5, 0.6) is 0 Å². The summed E-state index contributed by atoms with van der Waals surface area (Å²) in [6.07, 6.45) is 0.288. The third-order valence-corrected chi connectivity index (χ3v) is 2.41. The van der Waals surface area contributed by atoms with Gasteiger partial charge in [-0.25, -0.2) is 4.39 Å². The molecule has 2 rings (SSSR count). The Bertz CT molecular complexity index is 452. The molecule has 0 aliphatic heterocycles. The number of halogens is 1. The maximum atomic E-state index is 13.0. The van der Waals surface area contributed by atoms with E-state index < -0.39 is 5.82 Å². The van der Waals surface area contributed by atoms with Crippen LogP contribution in [0.3, 0.4) is 0 Å². The van der Waals surface area contributed by atoms with Gasteiger partial charge >= 0.3 is 0 Å². The lowest BCUT2D eigenvalue weighted by Gasteiger charge is -2.00. The molecule has 0 amide bonds. The smallest absolute Gasteiger partial charge is 0.211 e. The first-order valence-corrected chi connectivity index (χ1v) is 4.18. The molecule has 1 aliphatic carbocycles. The number of carbonyl (C=O) groups excluding carboxylic acids is 1. The highest BCUT2D eigenvalue weighted by atomic mass is 19.1. The minimum absolute atomic E-state index is 0.0775. The molecule has 3 nitrogen and oxygen atoms in total. The van der Waals surface area contributed by atoms with Crippen LogP contribution >= 0.6 is 0 Å². The van der Waals surface area contributed by atoms with Crippen LogP contribution in [0.2, 0.25) is 0 Å². The van der Waals surface area contributed by atoms with Crippen LogP contribution in [-0.4, -0.2) is 16.7 Å². The summed E-state index contributed by atoms with van der Waals surface area (Å²) in [6.45, 7) is 1.73. The maximum absolute atomic E-state index is 13.0. The lowest BCUT2D eigenvalue weighted by molar-refractivity contribution is 0.106. The molecular weight excluding hydrogens is 185 g/mol. The van der Waals surface area contributed by atoms with Gasteiger partial charge in [0.25, 0.3) is 0 Å². The molecule has 14 heavy (non-hydrogen) atoms. The van der Waals surface area contributed by atoms with Crippen LogP contribution in [0.15, 0.2) is 17.3 Å². The molecular formula is C10H8FNO2. The number of hydrogen-bond acceptors (Lipinski definition) is 3. The van der Waals surface area contributed by atoms with Crippen molar-refractivity contribution in [2.24, 2.45) is 5.16 Å². The number of aryl methyl sites for hydroxylation is 1. The standard InChI is InChI=1S/C10H8FNO2/c1-5-2-6(11)3-8-7(5)4-9(12-14)10(8)13/h2-3,14H,4H2,1H3. The Kier molecular flexibility index (Phi) is 1.84. The summed E-state index contributed by atoms with van der Waals surface area (Å²) < 4.78 is 13.0. The van der Waals surface area contributed by atoms with Crippen molar-refractivity contribution in [1.29, 1.82) is 0 Å². The average Bonchev–Trinajstić information content (AvgIpc) is 2.44. The van der Waals surface area contributed by atoms with Crippen molar-refractivity contribution in [1.82, 2.24) is 0 Å². The van der Waals surface area contributed by atoms with E-state index in [-0.39, 0.29) is 17.9 Å². The molecule has 1 aliphatic rings. The van der Waals surface area contributed by atoms with Gasteiger partial charge in [0.15, 0.2) is 0 Å². The highest BCUT2D eigenvalue weighted by Gasteiger charge is 2.28. The van der Waals surface area contributed by atoms with E-state index in [2.05, 4.69) is 5.16 Å².